The minimum atomic E-state index is 0.326. The first kappa shape index (κ1) is 13.8. The summed E-state index contributed by atoms with van der Waals surface area (Å²) in [6, 6.07) is 4.02. The molecular formula is C15H18BrN3O. The lowest BCUT2D eigenvalue weighted by atomic mass is 10.1. The van der Waals surface area contributed by atoms with E-state index in [9.17, 15) is 0 Å². The summed E-state index contributed by atoms with van der Waals surface area (Å²) in [6.07, 6.45) is 7.58. The van der Waals surface area contributed by atoms with Crippen molar-refractivity contribution in [3.8, 4) is 0 Å². The molecule has 0 amide bonds. The first-order chi connectivity index (χ1) is 9.74. The maximum atomic E-state index is 5.82. The zero-order valence-electron chi connectivity index (χ0n) is 11.6. The Bertz CT molecular complexity index is 599. The van der Waals surface area contributed by atoms with Gasteiger partial charge in [-0.1, -0.05) is 0 Å². The van der Waals surface area contributed by atoms with Gasteiger partial charge in [-0.3, -0.25) is 9.97 Å². The molecule has 0 radical (unpaired) electrons. The van der Waals surface area contributed by atoms with E-state index in [4.69, 9.17) is 4.74 Å². The van der Waals surface area contributed by atoms with E-state index in [0.29, 0.717) is 6.10 Å². The van der Waals surface area contributed by atoms with E-state index < -0.39 is 0 Å². The minimum absolute atomic E-state index is 0.326. The van der Waals surface area contributed by atoms with Crippen LogP contribution in [0.25, 0.3) is 11.0 Å². The van der Waals surface area contributed by atoms with Gasteiger partial charge >= 0.3 is 0 Å². The highest BCUT2D eigenvalue weighted by Gasteiger charge is 2.17. The van der Waals surface area contributed by atoms with Gasteiger partial charge in [0.2, 0.25) is 0 Å². The maximum absolute atomic E-state index is 5.82. The topological polar surface area (TPSA) is 38.2 Å². The Hall–Kier alpha value is -1.20. The lowest BCUT2D eigenvalue weighted by Gasteiger charge is -2.28. The van der Waals surface area contributed by atoms with E-state index in [1.807, 2.05) is 24.5 Å². The van der Waals surface area contributed by atoms with Crippen molar-refractivity contribution in [2.75, 3.05) is 25.1 Å². The van der Waals surface area contributed by atoms with Gasteiger partial charge in [0.05, 0.1) is 17.3 Å². The Morgan fingerprint density at radius 2 is 2.30 bits per heavy atom. The fourth-order valence-corrected chi connectivity index (χ4v) is 2.97. The molecule has 1 atom stereocenters. The number of likely N-dealkylation sites (N-methyl/N-ethyl adjacent to an activating group) is 1. The van der Waals surface area contributed by atoms with Crippen LogP contribution in [-0.4, -0.2) is 36.3 Å². The first-order valence-corrected chi connectivity index (χ1v) is 7.76. The SMILES string of the molecule is CN(CC1CCCCO1)c1ccnc2cc(Br)cnc12. The number of halogens is 1. The number of pyridine rings is 2. The summed E-state index contributed by atoms with van der Waals surface area (Å²) in [6.45, 7) is 1.79. The van der Waals surface area contributed by atoms with Gasteiger partial charge in [0, 0.05) is 37.1 Å². The second kappa shape index (κ2) is 6.06. The predicted octanol–water partition coefficient (Wildman–Crippen LogP) is 3.40. The molecule has 2 aromatic heterocycles. The van der Waals surface area contributed by atoms with Gasteiger partial charge in [-0.25, -0.2) is 0 Å². The smallest absolute Gasteiger partial charge is 0.112 e. The van der Waals surface area contributed by atoms with Crippen molar-refractivity contribution in [2.24, 2.45) is 0 Å². The van der Waals surface area contributed by atoms with Crippen LogP contribution < -0.4 is 4.90 Å². The van der Waals surface area contributed by atoms with Crippen LogP contribution in [0.3, 0.4) is 0 Å². The van der Waals surface area contributed by atoms with Crippen molar-refractivity contribution in [3.63, 3.8) is 0 Å². The zero-order valence-corrected chi connectivity index (χ0v) is 13.1. The highest BCUT2D eigenvalue weighted by molar-refractivity contribution is 9.10. The second-order valence-corrected chi connectivity index (χ2v) is 6.14. The molecule has 3 rings (SSSR count). The molecule has 0 aromatic carbocycles. The number of hydrogen-bond acceptors (Lipinski definition) is 4. The van der Waals surface area contributed by atoms with Gasteiger partial charge in [0.15, 0.2) is 0 Å². The molecule has 1 aliphatic heterocycles. The summed E-state index contributed by atoms with van der Waals surface area (Å²) in [5.41, 5.74) is 2.96. The van der Waals surface area contributed by atoms with Crippen molar-refractivity contribution in [3.05, 3.63) is 29.0 Å². The van der Waals surface area contributed by atoms with E-state index in [0.717, 1.165) is 40.8 Å². The summed E-state index contributed by atoms with van der Waals surface area (Å²) in [5.74, 6) is 0. The molecule has 4 nitrogen and oxygen atoms in total. The summed E-state index contributed by atoms with van der Waals surface area (Å²) in [7, 11) is 2.09. The molecule has 5 heteroatoms. The van der Waals surface area contributed by atoms with Crippen LogP contribution in [0.15, 0.2) is 29.0 Å². The van der Waals surface area contributed by atoms with E-state index in [2.05, 4.69) is 37.8 Å². The average Bonchev–Trinajstić information content (AvgIpc) is 2.47. The van der Waals surface area contributed by atoms with Crippen LogP contribution in [0.4, 0.5) is 5.69 Å². The number of hydrogen-bond donors (Lipinski definition) is 0. The molecule has 20 heavy (non-hydrogen) atoms. The number of nitrogens with zero attached hydrogens (tertiary/aromatic N) is 3. The third-order valence-corrected chi connectivity index (χ3v) is 4.12. The first-order valence-electron chi connectivity index (χ1n) is 6.97. The molecule has 1 fully saturated rings. The van der Waals surface area contributed by atoms with Gasteiger partial charge in [-0.05, 0) is 47.3 Å². The summed E-state index contributed by atoms with van der Waals surface area (Å²) in [5, 5.41) is 0. The normalized spacial score (nSPS) is 19.2. The van der Waals surface area contributed by atoms with Crippen LogP contribution in [0.1, 0.15) is 19.3 Å². The molecule has 106 valence electrons. The number of rotatable bonds is 3. The molecule has 0 saturated carbocycles. The van der Waals surface area contributed by atoms with Crippen molar-refractivity contribution < 1.29 is 4.74 Å². The lowest BCUT2D eigenvalue weighted by Crippen LogP contribution is -2.33. The van der Waals surface area contributed by atoms with Gasteiger partial charge in [-0.2, -0.15) is 0 Å². The van der Waals surface area contributed by atoms with Crippen molar-refractivity contribution in [2.45, 2.75) is 25.4 Å². The number of ether oxygens (including phenoxy) is 1. The summed E-state index contributed by atoms with van der Waals surface area (Å²) >= 11 is 3.44. The second-order valence-electron chi connectivity index (χ2n) is 5.22. The van der Waals surface area contributed by atoms with E-state index in [1.54, 1.807) is 0 Å². The van der Waals surface area contributed by atoms with Crippen LogP contribution in [-0.2, 0) is 4.74 Å². The summed E-state index contributed by atoms with van der Waals surface area (Å²) < 4.78 is 6.77. The Kier molecular flexibility index (Phi) is 4.17. The summed E-state index contributed by atoms with van der Waals surface area (Å²) in [4.78, 5) is 11.1. The molecule has 1 aliphatic rings. The van der Waals surface area contributed by atoms with Crippen LogP contribution >= 0.6 is 15.9 Å². The highest BCUT2D eigenvalue weighted by Crippen LogP contribution is 2.25. The minimum Gasteiger partial charge on any atom is -0.376 e. The Balaban J connectivity index is 1.85. The Labute approximate surface area is 127 Å². The third kappa shape index (κ3) is 2.94. The maximum Gasteiger partial charge on any atom is 0.112 e. The molecule has 0 bridgehead atoms. The standard InChI is InChI=1S/C15H18BrN3O/c1-19(10-12-4-2-3-7-20-12)14-5-6-17-13-8-11(16)9-18-15(13)14/h5-6,8-9,12H,2-4,7,10H2,1H3. The van der Waals surface area contributed by atoms with Crippen molar-refractivity contribution >= 4 is 32.7 Å². The average molecular weight is 336 g/mol. The molecule has 1 unspecified atom stereocenters. The van der Waals surface area contributed by atoms with Gasteiger partial charge in [-0.15, -0.1) is 0 Å². The van der Waals surface area contributed by atoms with E-state index in [-0.39, 0.29) is 0 Å². The van der Waals surface area contributed by atoms with Crippen LogP contribution in [0.2, 0.25) is 0 Å². The van der Waals surface area contributed by atoms with Gasteiger partial charge in [0.25, 0.3) is 0 Å². The molecule has 1 saturated heterocycles. The molecule has 0 N–H and O–H groups in total. The largest absolute Gasteiger partial charge is 0.376 e. The fourth-order valence-electron chi connectivity index (χ4n) is 2.65. The van der Waals surface area contributed by atoms with Crippen LogP contribution in [0, 0.1) is 0 Å². The Morgan fingerprint density at radius 1 is 1.40 bits per heavy atom. The molecule has 2 aromatic rings. The van der Waals surface area contributed by atoms with Gasteiger partial charge < -0.3 is 9.64 Å². The molecule has 3 heterocycles. The number of aromatic nitrogens is 2. The monoisotopic (exact) mass is 335 g/mol. The highest BCUT2D eigenvalue weighted by atomic mass is 79.9. The molecule has 0 aliphatic carbocycles. The number of fused-ring (bicyclic) bond motifs is 1. The van der Waals surface area contributed by atoms with E-state index >= 15 is 0 Å². The van der Waals surface area contributed by atoms with E-state index in [1.165, 1.54) is 12.8 Å². The third-order valence-electron chi connectivity index (χ3n) is 3.69. The molecule has 0 spiro atoms. The quantitative estimate of drug-likeness (QED) is 0.861. The Morgan fingerprint density at radius 3 is 3.10 bits per heavy atom. The van der Waals surface area contributed by atoms with Crippen molar-refractivity contribution in [1.82, 2.24) is 9.97 Å². The predicted molar refractivity (Wildman–Crippen MR) is 84.1 cm³/mol. The van der Waals surface area contributed by atoms with Crippen LogP contribution in [0.5, 0.6) is 0 Å². The lowest BCUT2D eigenvalue weighted by molar-refractivity contribution is 0.0216. The van der Waals surface area contributed by atoms with Crippen molar-refractivity contribution in [1.29, 1.82) is 0 Å². The zero-order chi connectivity index (χ0) is 13.9. The fraction of sp³-hybridized carbons (Fsp3) is 0.467. The number of anilines is 1. The molecular weight excluding hydrogens is 318 g/mol. The van der Waals surface area contributed by atoms with Gasteiger partial charge in [0.1, 0.15) is 5.52 Å².